The Labute approximate surface area is 233 Å². The van der Waals surface area contributed by atoms with Crippen molar-refractivity contribution in [1.29, 1.82) is 0 Å². The highest BCUT2D eigenvalue weighted by Gasteiger charge is 2.25. The van der Waals surface area contributed by atoms with E-state index in [0.717, 1.165) is 49.8 Å². The fraction of sp³-hybridized carbons (Fsp3) is 0.310. The van der Waals surface area contributed by atoms with Crippen LogP contribution in [0.25, 0.3) is 0 Å². The normalized spacial score (nSPS) is 15.2. The number of amides is 3. The van der Waals surface area contributed by atoms with Crippen molar-refractivity contribution in [2.45, 2.75) is 49.8 Å². The molecule has 0 fully saturated rings. The van der Waals surface area contributed by atoms with E-state index >= 15 is 0 Å². The lowest BCUT2D eigenvalue weighted by Crippen LogP contribution is -2.26. The van der Waals surface area contributed by atoms with Crippen molar-refractivity contribution in [2.24, 2.45) is 9.50 Å². The van der Waals surface area contributed by atoms with Gasteiger partial charge in [0, 0.05) is 17.3 Å². The fourth-order valence-electron chi connectivity index (χ4n) is 5.40. The van der Waals surface area contributed by atoms with E-state index in [1.165, 1.54) is 29.4 Å². The van der Waals surface area contributed by atoms with Gasteiger partial charge in [-0.15, -0.1) is 4.36 Å². The molecule has 0 radical (unpaired) electrons. The number of ether oxygens (including phenoxy) is 1. The number of urea groups is 1. The first-order chi connectivity index (χ1) is 18.7. The summed E-state index contributed by atoms with van der Waals surface area (Å²) in [6.07, 6.45) is 6.54. The molecular formula is C29H31ClN4O4S. The van der Waals surface area contributed by atoms with Crippen LogP contribution in [0.1, 0.15) is 51.0 Å². The number of carbonyl (C=O) groups excluding carboxylic acids is 2. The summed E-state index contributed by atoms with van der Waals surface area (Å²) < 4.78 is 22.3. The summed E-state index contributed by atoms with van der Waals surface area (Å²) in [7, 11) is -1.95. The molecule has 1 atom stereocenters. The number of nitrogens with one attached hydrogen (secondary N) is 2. The Kier molecular flexibility index (Phi) is 7.93. The minimum Gasteiger partial charge on any atom is -0.496 e. The summed E-state index contributed by atoms with van der Waals surface area (Å²) in [6.45, 7) is 0.365. The molecule has 0 saturated heterocycles. The molecule has 2 aliphatic rings. The lowest BCUT2D eigenvalue weighted by molar-refractivity contribution is 0.0951. The number of rotatable bonds is 7. The SMILES string of the molecule is COc1ccc(Cl)cc1C(=O)NCCc1ccc(S(N)(=O)=NC(=O)Nc2c3c(cc4c2CCC4)CCC3)cc1. The summed E-state index contributed by atoms with van der Waals surface area (Å²) in [6, 6.07) is 13.2. The van der Waals surface area contributed by atoms with Crippen molar-refractivity contribution in [3.05, 3.63) is 86.9 Å². The van der Waals surface area contributed by atoms with Crippen LogP contribution in [0.5, 0.6) is 5.75 Å². The molecule has 5 rings (SSSR count). The zero-order chi connectivity index (χ0) is 27.6. The van der Waals surface area contributed by atoms with E-state index in [9.17, 15) is 13.8 Å². The van der Waals surface area contributed by atoms with Gasteiger partial charge in [-0.3, -0.25) is 4.79 Å². The third-order valence-electron chi connectivity index (χ3n) is 7.29. The fourth-order valence-corrected chi connectivity index (χ4v) is 6.49. The van der Waals surface area contributed by atoms with Crippen molar-refractivity contribution in [1.82, 2.24) is 5.32 Å². The van der Waals surface area contributed by atoms with E-state index in [-0.39, 0.29) is 10.8 Å². The molecule has 0 heterocycles. The van der Waals surface area contributed by atoms with E-state index in [1.807, 2.05) is 0 Å². The highest BCUT2D eigenvalue weighted by Crippen LogP contribution is 2.38. The van der Waals surface area contributed by atoms with Gasteiger partial charge in [0.25, 0.3) is 5.91 Å². The van der Waals surface area contributed by atoms with E-state index < -0.39 is 15.9 Å². The zero-order valence-electron chi connectivity index (χ0n) is 21.7. The van der Waals surface area contributed by atoms with Gasteiger partial charge in [-0.1, -0.05) is 29.8 Å². The number of carbonyl (C=O) groups is 2. The van der Waals surface area contributed by atoms with Crippen LogP contribution in [0.4, 0.5) is 10.5 Å². The number of aryl methyl sites for hydroxylation is 2. The first kappa shape index (κ1) is 27.2. The Morgan fingerprint density at radius 1 is 1.00 bits per heavy atom. The van der Waals surface area contributed by atoms with Crippen molar-refractivity contribution in [2.75, 3.05) is 19.0 Å². The second kappa shape index (κ2) is 11.4. The van der Waals surface area contributed by atoms with Crippen molar-refractivity contribution in [3.63, 3.8) is 0 Å². The Balaban J connectivity index is 1.23. The van der Waals surface area contributed by atoms with Crippen molar-refractivity contribution in [3.8, 4) is 5.75 Å². The first-order valence-electron chi connectivity index (χ1n) is 13.0. The van der Waals surface area contributed by atoms with Crippen LogP contribution in [0.2, 0.25) is 5.02 Å². The molecule has 0 aromatic heterocycles. The molecule has 0 saturated carbocycles. The van der Waals surface area contributed by atoms with Gasteiger partial charge in [0.15, 0.2) is 0 Å². The third-order valence-corrected chi connectivity index (χ3v) is 8.91. The van der Waals surface area contributed by atoms with Gasteiger partial charge < -0.3 is 15.4 Å². The van der Waals surface area contributed by atoms with Gasteiger partial charge in [0.05, 0.1) is 17.6 Å². The number of halogens is 1. The maximum Gasteiger partial charge on any atom is 0.354 e. The van der Waals surface area contributed by atoms with Crippen LogP contribution >= 0.6 is 11.6 Å². The first-order valence-corrected chi connectivity index (χ1v) is 14.9. The summed E-state index contributed by atoms with van der Waals surface area (Å²) >= 11 is 6.01. The third kappa shape index (κ3) is 5.95. The van der Waals surface area contributed by atoms with Crippen LogP contribution in [-0.4, -0.2) is 29.8 Å². The van der Waals surface area contributed by atoms with Crippen LogP contribution in [-0.2, 0) is 42.0 Å². The van der Waals surface area contributed by atoms with Gasteiger partial charge in [-0.05, 0) is 103 Å². The molecule has 0 spiro atoms. The van der Waals surface area contributed by atoms with Crippen LogP contribution in [0.15, 0.2) is 57.8 Å². The van der Waals surface area contributed by atoms with Gasteiger partial charge >= 0.3 is 6.03 Å². The molecule has 2 aliphatic carbocycles. The molecule has 0 bridgehead atoms. The van der Waals surface area contributed by atoms with E-state index in [0.29, 0.717) is 29.3 Å². The Bertz CT molecular complexity index is 1530. The largest absolute Gasteiger partial charge is 0.496 e. The van der Waals surface area contributed by atoms with Crippen molar-refractivity contribution < 1.29 is 18.5 Å². The lowest BCUT2D eigenvalue weighted by Gasteiger charge is -2.15. The number of anilines is 1. The molecule has 4 N–H and O–H groups in total. The number of benzene rings is 3. The maximum absolute atomic E-state index is 13.2. The van der Waals surface area contributed by atoms with Gasteiger partial charge in [-0.25, -0.2) is 14.1 Å². The Morgan fingerprint density at radius 2 is 1.67 bits per heavy atom. The van der Waals surface area contributed by atoms with Crippen LogP contribution in [0, 0.1) is 0 Å². The monoisotopic (exact) mass is 566 g/mol. The topological polar surface area (TPSA) is 123 Å². The maximum atomic E-state index is 13.2. The molecule has 8 nitrogen and oxygen atoms in total. The second-order valence-corrected chi connectivity index (χ2v) is 12.0. The quantitative estimate of drug-likeness (QED) is 0.362. The van der Waals surface area contributed by atoms with Gasteiger partial charge in [-0.2, -0.15) is 0 Å². The average Bonchev–Trinajstić information content (AvgIpc) is 3.58. The number of nitrogens with zero attached hydrogens (tertiary/aromatic N) is 1. The molecular weight excluding hydrogens is 536 g/mol. The summed E-state index contributed by atoms with van der Waals surface area (Å²) in [5, 5.41) is 12.2. The number of methoxy groups -OCH3 is 1. The molecule has 3 aromatic rings. The highest BCUT2D eigenvalue weighted by molar-refractivity contribution is 7.91. The molecule has 0 aliphatic heterocycles. The summed E-state index contributed by atoms with van der Waals surface area (Å²) in [4.78, 5) is 25.7. The van der Waals surface area contributed by atoms with Crippen LogP contribution in [0.3, 0.4) is 0 Å². The van der Waals surface area contributed by atoms with Gasteiger partial charge in [0.1, 0.15) is 15.7 Å². The minimum absolute atomic E-state index is 0.262. The average molecular weight is 567 g/mol. The summed E-state index contributed by atoms with van der Waals surface area (Å²) in [5.74, 6) is 0.142. The molecule has 3 aromatic carbocycles. The van der Waals surface area contributed by atoms with Gasteiger partial charge in [0.2, 0.25) is 0 Å². The standard InChI is InChI=1S/C29H31ClN4O4S/c1-38-26-13-10-21(30)17-25(26)28(35)32-15-14-18-8-11-22(12-9-18)39(31,37)34-29(36)33-27-23-6-2-4-19(23)16-20-5-3-7-24(20)27/h8-13,16-17H,2-7,14-15H2,1H3,(H,32,35)(H3,31,33,34,36,37). The molecule has 10 heteroatoms. The highest BCUT2D eigenvalue weighted by atomic mass is 35.5. The van der Waals surface area contributed by atoms with E-state index in [2.05, 4.69) is 21.1 Å². The molecule has 204 valence electrons. The number of fused-ring (bicyclic) bond motifs is 2. The number of nitrogens with two attached hydrogens (primary N) is 1. The van der Waals surface area contributed by atoms with Crippen LogP contribution < -0.4 is 20.5 Å². The lowest BCUT2D eigenvalue weighted by atomic mass is 9.99. The molecule has 39 heavy (non-hydrogen) atoms. The number of hydrogen-bond acceptors (Lipinski definition) is 4. The van der Waals surface area contributed by atoms with E-state index in [1.54, 1.807) is 42.5 Å². The Morgan fingerprint density at radius 3 is 2.31 bits per heavy atom. The molecule has 1 unspecified atom stereocenters. The predicted octanol–water partition coefficient (Wildman–Crippen LogP) is 5.23. The summed E-state index contributed by atoms with van der Waals surface area (Å²) in [5.41, 5.74) is 7.02. The Hall–Kier alpha value is -3.40. The minimum atomic E-state index is -3.44. The smallest absolute Gasteiger partial charge is 0.354 e. The zero-order valence-corrected chi connectivity index (χ0v) is 23.3. The number of hydrogen-bond donors (Lipinski definition) is 3. The molecule has 3 amide bonds. The predicted molar refractivity (Wildman–Crippen MR) is 153 cm³/mol. The second-order valence-electron chi connectivity index (χ2n) is 9.82. The van der Waals surface area contributed by atoms with Crippen molar-refractivity contribution >= 4 is 39.1 Å². The van der Waals surface area contributed by atoms with E-state index in [4.69, 9.17) is 21.5 Å².